The number of carbonyl (C=O) groups is 1. The van der Waals surface area contributed by atoms with Crippen LogP contribution in [0.4, 0.5) is 4.79 Å². The molecule has 2 rings (SSSR count). The summed E-state index contributed by atoms with van der Waals surface area (Å²) in [4.78, 5) is 12.1. The second-order valence-corrected chi connectivity index (χ2v) is 6.90. The third kappa shape index (κ3) is 4.87. The normalized spacial score (nSPS) is 17.3. The lowest BCUT2D eigenvalue weighted by Gasteiger charge is -2.30. The molecule has 5 nitrogen and oxygen atoms in total. The van der Waals surface area contributed by atoms with Crippen LogP contribution in [0.5, 0.6) is 5.75 Å². The molecule has 1 aliphatic rings. The van der Waals surface area contributed by atoms with Gasteiger partial charge < -0.3 is 20.5 Å². The zero-order chi connectivity index (χ0) is 17.4. The Morgan fingerprint density at radius 3 is 2.75 bits per heavy atom. The minimum Gasteiger partial charge on any atom is -0.497 e. The Balaban J connectivity index is 1.94. The van der Waals surface area contributed by atoms with E-state index in [2.05, 4.69) is 22.8 Å². The van der Waals surface area contributed by atoms with Gasteiger partial charge in [0.1, 0.15) is 5.75 Å². The monoisotopic (exact) mass is 334 g/mol. The molecule has 5 heteroatoms. The number of nitrogens with one attached hydrogen (secondary N) is 2. The molecule has 0 bridgehead atoms. The standard InChI is InChI=1S/C19H30N2O3/c1-15(8-11-22)13-20-18(23)21-14-19(9-3-4-10-19)16-6-5-7-17(12-16)24-2/h5-7,12,15,22H,3-4,8-11,13-14H2,1-2H3,(H2,20,21,23). The molecule has 134 valence electrons. The summed E-state index contributed by atoms with van der Waals surface area (Å²) >= 11 is 0. The lowest BCUT2D eigenvalue weighted by molar-refractivity contribution is 0.230. The zero-order valence-corrected chi connectivity index (χ0v) is 14.8. The average molecular weight is 334 g/mol. The van der Waals surface area contributed by atoms with Gasteiger partial charge >= 0.3 is 6.03 Å². The molecule has 0 saturated heterocycles. The number of aliphatic hydroxyl groups is 1. The first-order valence-electron chi connectivity index (χ1n) is 8.87. The summed E-state index contributed by atoms with van der Waals surface area (Å²) in [5.41, 5.74) is 1.25. The molecular weight excluding hydrogens is 304 g/mol. The molecule has 1 aromatic carbocycles. The number of hydrogen-bond donors (Lipinski definition) is 3. The fourth-order valence-electron chi connectivity index (χ4n) is 3.47. The van der Waals surface area contributed by atoms with E-state index in [1.54, 1.807) is 7.11 Å². The third-order valence-electron chi connectivity index (χ3n) is 5.06. The van der Waals surface area contributed by atoms with Crippen LogP contribution in [0.1, 0.15) is 44.6 Å². The van der Waals surface area contributed by atoms with Crippen molar-refractivity contribution in [2.75, 3.05) is 26.8 Å². The fraction of sp³-hybridized carbons (Fsp3) is 0.632. The maximum Gasteiger partial charge on any atom is 0.314 e. The van der Waals surface area contributed by atoms with Gasteiger partial charge in [-0.1, -0.05) is 31.9 Å². The van der Waals surface area contributed by atoms with Crippen LogP contribution in [0, 0.1) is 5.92 Å². The van der Waals surface area contributed by atoms with E-state index in [1.165, 1.54) is 18.4 Å². The Bertz CT molecular complexity index is 527. The number of rotatable bonds is 8. The lowest BCUT2D eigenvalue weighted by Crippen LogP contribution is -2.44. The smallest absolute Gasteiger partial charge is 0.314 e. The van der Waals surface area contributed by atoms with Gasteiger partial charge in [0, 0.05) is 25.1 Å². The molecule has 24 heavy (non-hydrogen) atoms. The molecule has 1 fully saturated rings. The Morgan fingerprint density at radius 2 is 2.08 bits per heavy atom. The highest BCUT2D eigenvalue weighted by Gasteiger charge is 2.36. The van der Waals surface area contributed by atoms with E-state index in [9.17, 15) is 4.79 Å². The number of carbonyl (C=O) groups excluding carboxylic acids is 1. The van der Waals surface area contributed by atoms with E-state index in [-0.39, 0.29) is 24.0 Å². The van der Waals surface area contributed by atoms with Crippen LogP contribution in [0.25, 0.3) is 0 Å². The maximum atomic E-state index is 12.1. The van der Waals surface area contributed by atoms with Gasteiger partial charge in [-0.2, -0.15) is 0 Å². The average Bonchev–Trinajstić information content (AvgIpc) is 3.09. The van der Waals surface area contributed by atoms with Crippen molar-refractivity contribution in [3.8, 4) is 5.75 Å². The second kappa shape index (κ2) is 8.92. The molecule has 0 aromatic heterocycles. The van der Waals surface area contributed by atoms with Gasteiger partial charge in [0.25, 0.3) is 0 Å². The van der Waals surface area contributed by atoms with E-state index in [0.29, 0.717) is 19.5 Å². The largest absolute Gasteiger partial charge is 0.497 e. The number of benzene rings is 1. The van der Waals surface area contributed by atoms with Crippen molar-refractivity contribution >= 4 is 6.03 Å². The van der Waals surface area contributed by atoms with Crippen LogP contribution in [0.2, 0.25) is 0 Å². The van der Waals surface area contributed by atoms with Crippen molar-refractivity contribution < 1.29 is 14.6 Å². The van der Waals surface area contributed by atoms with Gasteiger partial charge in [0.05, 0.1) is 7.11 Å². The van der Waals surface area contributed by atoms with Crippen molar-refractivity contribution in [1.82, 2.24) is 10.6 Å². The van der Waals surface area contributed by atoms with Gasteiger partial charge in [-0.15, -0.1) is 0 Å². The summed E-state index contributed by atoms with van der Waals surface area (Å²) in [6, 6.07) is 8.07. The van der Waals surface area contributed by atoms with E-state index in [1.807, 2.05) is 19.1 Å². The molecule has 0 radical (unpaired) electrons. The first kappa shape index (κ1) is 18.6. The molecule has 0 heterocycles. The van der Waals surface area contributed by atoms with Gasteiger partial charge in [-0.25, -0.2) is 4.79 Å². The van der Waals surface area contributed by atoms with Crippen LogP contribution < -0.4 is 15.4 Å². The predicted molar refractivity (Wildman–Crippen MR) is 95.4 cm³/mol. The highest BCUT2D eigenvalue weighted by atomic mass is 16.5. The van der Waals surface area contributed by atoms with Gasteiger partial charge in [-0.3, -0.25) is 0 Å². The minimum absolute atomic E-state index is 0.00257. The van der Waals surface area contributed by atoms with Crippen molar-refractivity contribution in [3.63, 3.8) is 0 Å². The summed E-state index contributed by atoms with van der Waals surface area (Å²) in [7, 11) is 1.68. The van der Waals surface area contributed by atoms with E-state index >= 15 is 0 Å². The van der Waals surface area contributed by atoms with Crippen LogP contribution in [-0.2, 0) is 5.41 Å². The topological polar surface area (TPSA) is 70.6 Å². The lowest BCUT2D eigenvalue weighted by atomic mass is 9.78. The molecule has 1 aromatic rings. The molecule has 3 N–H and O–H groups in total. The quantitative estimate of drug-likeness (QED) is 0.684. The predicted octanol–water partition coefficient (Wildman–Crippen LogP) is 2.82. The first-order chi connectivity index (χ1) is 11.6. The van der Waals surface area contributed by atoms with Crippen molar-refractivity contribution in [2.24, 2.45) is 5.92 Å². The van der Waals surface area contributed by atoms with Crippen molar-refractivity contribution in [1.29, 1.82) is 0 Å². The number of amides is 2. The van der Waals surface area contributed by atoms with E-state index in [4.69, 9.17) is 9.84 Å². The van der Waals surface area contributed by atoms with Gasteiger partial charge in [0.15, 0.2) is 0 Å². The van der Waals surface area contributed by atoms with Gasteiger partial charge in [0.2, 0.25) is 0 Å². The third-order valence-corrected chi connectivity index (χ3v) is 5.06. The van der Waals surface area contributed by atoms with Crippen LogP contribution in [-0.4, -0.2) is 37.9 Å². The van der Waals surface area contributed by atoms with E-state index < -0.39 is 0 Å². The number of hydrogen-bond acceptors (Lipinski definition) is 3. The molecule has 2 amide bonds. The summed E-state index contributed by atoms with van der Waals surface area (Å²) in [6.45, 7) is 3.40. The second-order valence-electron chi connectivity index (χ2n) is 6.90. The number of aliphatic hydroxyl groups excluding tert-OH is 1. The Kier molecular flexibility index (Phi) is 6.91. The molecule has 1 saturated carbocycles. The summed E-state index contributed by atoms with van der Waals surface area (Å²) in [5.74, 6) is 1.14. The summed E-state index contributed by atoms with van der Waals surface area (Å²) < 4.78 is 5.35. The Morgan fingerprint density at radius 1 is 1.33 bits per heavy atom. The number of methoxy groups -OCH3 is 1. The van der Waals surface area contributed by atoms with Crippen molar-refractivity contribution in [2.45, 2.75) is 44.4 Å². The minimum atomic E-state index is -0.131. The van der Waals surface area contributed by atoms with E-state index in [0.717, 1.165) is 18.6 Å². The maximum absolute atomic E-state index is 12.1. The molecule has 1 unspecified atom stereocenters. The molecule has 0 aliphatic heterocycles. The van der Waals surface area contributed by atoms with Crippen LogP contribution in [0.15, 0.2) is 24.3 Å². The highest BCUT2D eigenvalue weighted by molar-refractivity contribution is 5.74. The zero-order valence-electron chi connectivity index (χ0n) is 14.8. The Hall–Kier alpha value is -1.75. The van der Waals surface area contributed by atoms with Crippen molar-refractivity contribution in [3.05, 3.63) is 29.8 Å². The number of urea groups is 1. The molecule has 0 spiro atoms. The highest BCUT2D eigenvalue weighted by Crippen LogP contribution is 2.41. The fourth-order valence-corrected chi connectivity index (χ4v) is 3.47. The van der Waals surface area contributed by atoms with Crippen LogP contribution >= 0.6 is 0 Å². The molecular formula is C19H30N2O3. The SMILES string of the molecule is COc1cccc(C2(CNC(=O)NCC(C)CCO)CCCC2)c1. The van der Waals surface area contributed by atoms with Gasteiger partial charge in [-0.05, 0) is 42.9 Å². The van der Waals surface area contributed by atoms with Crippen LogP contribution in [0.3, 0.4) is 0 Å². The molecule has 1 aliphatic carbocycles. The first-order valence-corrected chi connectivity index (χ1v) is 8.87. The summed E-state index contributed by atoms with van der Waals surface area (Å²) in [5, 5.41) is 14.9. The number of ether oxygens (including phenoxy) is 1. The summed E-state index contributed by atoms with van der Waals surface area (Å²) in [6.07, 6.45) is 5.25. The molecule has 1 atom stereocenters. The Labute approximate surface area is 144 Å².